The van der Waals surface area contributed by atoms with Crippen LogP contribution in [-0.2, 0) is 4.74 Å². The van der Waals surface area contributed by atoms with Gasteiger partial charge in [0.15, 0.2) is 0 Å². The van der Waals surface area contributed by atoms with Gasteiger partial charge in [0.1, 0.15) is 0 Å². The average molecular weight is 511 g/mol. The lowest BCUT2D eigenvalue weighted by Gasteiger charge is -2.28. The van der Waals surface area contributed by atoms with Gasteiger partial charge in [-0.15, -0.1) is 0 Å². The molecule has 2 unspecified atom stereocenters. The smallest absolute Gasteiger partial charge is 0.0681 e. The van der Waals surface area contributed by atoms with Gasteiger partial charge in [0, 0.05) is 0 Å². The molecule has 0 radical (unpaired) electrons. The standard InChI is InChI=1S/C36H62O/c1-3-29-11-15-31(16-12-29)7-5-9-33-19-23-35(24-20-33)27-37-28-36-25-21-34(22-26-36)10-6-8-32-17-13-30(4-2)14-18-32/h23,25,29-34H,3-22,24,26-28H2,1-2H3. The van der Waals surface area contributed by atoms with Crippen molar-refractivity contribution in [1.29, 1.82) is 0 Å². The predicted octanol–water partition coefficient (Wildman–Crippen LogP) is 11.2. The number of ether oxygens (including phenoxy) is 1. The maximum atomic E-state index is 6.20. The molecule has 2 atom stereocenters. The van der Waals surface area contributed by atoms with E-state index in [0.717, 1.165) is 48.7 Å². The van der Waals surface area contributed by atoms with Crippen molar-refractivity contribution >= 4 is 0 Å². The van der Waals surface area contributed by atoms with Crippen molar-refractivity contribution in [2.24, 2.45) is 35.5 Å². The summed E-state index contributed by atoms with van der Waals surface area (Å²) < 4.78 is 6.20. The van der Waals surface area contributed by atoms with Crippen LogP contribution in [-0.4, -0.2) is 13.2 Å². The number of hydrogen-bond acceptors (Lipinski definition) is 1. The van der Waals surface area contributed by atoms with Gasteiger partial charge < -0.3 is 4.74 Å². The Labute approximate surface area is 231 Å². The van der Waals surface area contributed by atoms with E-state index >= 15 is 0 Å². The molecule has 1 nitrogen and oxygen atoms in total. The zero-order valence-electron chi connectivity index (χ0n) is 25.0. The second-order valence-electron chi connectivity index (χ2n) is 14.0. The van der Waals surface area contributed by atoms with Crippen molar-refractivity contribution in [3.8, 4) is 0 Å². The van der Waals surface area contributed by atoms with E-state index in [0.29, 0.717) is 0 Å². The lowest BCUT2D eigenvalue weighted by atomic mass is 9.78. The van der Waals surface area contributed by atoms with Crippen molar-refractivity contribution in [2.45, 2.75) is 155 Å². The van der Waals surface area contributed by atoms with Crippen LogP contribution in [0, 0.1) is 35.5 Å². The maximum Gasteiger partial charge on any atom is 0.0681 e. The Hall–Kier alpha value is -0.560. The van der Waals surface area contributed by atoms with Crippen molar-refractivity contribution in [3.05, 3.63) is 23.3 Å². The molecule has 2 saturated carbocycles. The van der Waals surface area contributed by atoms with Crippen LogP contribution in [0.15, 0.2) is 23.3 Å². The minimum atomic E-state index is 0.883. The fourth-order valence-electron chi connectivity index (χ4n) is 8.23. The monoisotopic (exact) mass is 510 g/mol. The molecule has 37 heavy (non-hydrogen) atoms. The summed E-state index contributed by atoms with van der Waals surface area (Å²) in [5.41, 5.74) is 3.16. The van der Waals surface area contributed by atoms with Gasteiger partial charge in [-0.2, -0.15) is 0 Å². The van der Waals surface area contributed by atoms with Gasteiger partial charge in [0.2, 0.25) is 0 Å². The quantitative estimate of drug-likeness (QED) is 0.211. The van der Waals surface area contributed by atoms with E-state index < -0.39 is 0 Å². The maximum absolute atomic E-state index is 6.20. The van der Waals surface area contributed by atoms with Crippen LogP contribution in [0.25, 0.3) is 0 Å². The molecule has 4 aliphatic carbocycles. The highest BCUT2D eigenvalue weighted by Crippen LogP contribution is 2.36. The first-order valence-electron chi connectivity index (χ1n) is 17.1. The zero-order valence-corrected chi connectivity index (χ0v) is 25.0. The van der Waals surface area contributed by atoms with Crippen LogP contribution in [0.1, 0.15) is 155 Å². The van der Waals surface area contributed by atoms with Gasteiger partial charge in [-0.1, -0.05) is 129 Å². The zero-order chi connectivity index (χ0) is 25.7. The highest BCUT2D eigenvalue weighted by Gasteiger charge is 2.22. The van der Waals surface area contributed by atoms with Crippen molar-refractivity contribution < 1.29 is 4.74 Å². The first-order valence-corrected chi connectivity index (χ1v) is 17.1. The molecule has 0 aliphatic heterocycles. The Morgan fingerprint density at radius 3 is 1.24 bits per heavy atom. The predicted molar refractivity (Wildman–Crippen MR) is 161 cm³/mol. The van der Waals surface area contributed by atoms with Crippen molar-refractivity contribution in [1.82, 2.24) is 0 Å². The number of hydrogen-bond donors (Lipinski definition) is 0. The summed E-state index contributed by atoms with van der Waals surface area (Å²) in [6.07, 6.45) is 36.9. The molecule has 1 heteroatoms. The van der Waals surface area contributed by atoms with E-state index in [-0.39, 0.29) is 0 Å². The van der Waals surface area contributed by atoms with Crippen molar-refractivity contribution in [3.63, 3.8) is 0 Å². The van der Waals surface area contributed by atoms with Gasteiger partial charge in [-0.25, -0.2) is 0 Å². The number of rotatable bonds is 14. The molecule has 0 aromatic rings. The summed E-state index contributed by atoms with van der Waals surface area (Å²) in [6, 6.07) is 0. The normalized spacial score (nSPS) is 33.1. The van der Waals surface area contributed by atoms with Crippen LogP contribution < -0.4 is 0 Å². The minimum Gasteiger partial charge on any atom is -0.373 e. The van der Waals surface area contributed by atoms with E-state index in [1.807, 2.05) is 0 Å². The molecule has 0 aromatic carbocycles. The Morgan fingerprint density at radius 1 is 0.514 bits per heavy atom. The summed E-state index contributed by atoms with van der Waals surface area (Å²) in [5.74, 6) is 6.07. The highest BCUT2D eigenvalue weighted by molar-refractivity contribution is 5.09. The Kier molecular flexibility index (Phi) is 13.1. The van der Waals surface area contributed by atoms with E-state index in [1.165, 1.54) is 141 Å². The van der Waals surface area contributed by atoms with Gasteiger partial charge in [0.05, 0.1) is 13.2 Å². The molecule has 0 aromatic heterocycles. The second kappa shape index (κ2) is 16.5. The van der Waals surface area contributed by atoms with Gasteiger partial charge in [-0.3, -0.25) is 0 Å². The Balaban J connectivity index is 1.00. The fourth-order valence-corrected chi connectivity index (χ4v) is 8.23. The third-order valence-corrected chi connectivity index (χ3v) is 11.3. The summed E-state index contributed by atoms with van der Waals surface area (Å²) in [5, 5.41) is 0. The summed E-state index contributed by atoms with van der Waals surface area (Å²) in [6.45, 7) is 6.52. The van der Waals surface area contributed by atoms with E-state index in [4.69, 9.17) is 4.74 Å². The SMILES string of the molecule is CCC1CCC(CCCC2CC=C(COCC3=CCC(CCCC4CCC(CC)CC4)CC3)CC2)CC1. The van der Waals surface area contributed by atoms with Gasteiger partial charge >= 0.3 is 0 Å². The molecule has 4 aliphatic rings. The van der Waals surface area contributed by atoms with Gasteiger partial charge in [-0.05, 0) is 85.2 Å². The second-order valence-corrected chi connectivity index (χ2v) is 14.0. The van der Waals surface area contributed by atoms with Crippen molar-refractivity contribution in [2.75, 3.05) is 13.2 Å². The lowest BCUT2D eigenvalue weighted by molar-refractivity contribution is 0.169. The van der Waals surface area contributed by atoms with E-state index in [9.17, 15) is 0 Å². The van der Waals surface area contributed by atoms with Crippen LogP contribution in [0.2, 0.25) is 0 Å². The van der Waals surface area contributed by atoms with Gasteiger partial charge in [0.25, 0.3) is 0 Å². The molecule has 0 saturated heterocycles. The largest absolute Gasteiger partial charge is 0.373 e. The number of allylic oxidation sites excluding steroid dienone is 2. The Morgan fingerprint density at radius 2 is 0.892 bits per heavy atom. The fraction of sp³-hybridized carbons (Fsp3) is 0.889. The third kappa shape index (κ3) is 10.5. The molecule has 0 heterocycles. The van der Waals surface area contributed by atoms with Crippen LogP contribution in [0.3, 0.4) is 0 Å². The molecule has 0 bridgehead atoms. The molecule has 0 amide bonds. The summed E-state index contributed by atoms with van der Waals surface area (Å²) in [4.78, 5) is 0. The minimum absolute atomic E-state index is 0.883. The molecule has 2 fully saturated rings. The highest BCUT2D eigenvalue weighted by atomic mass is 16.5. The third-order valence-electron chi connectivity index (χ3n) is 11.3. The summed E-state index contributed by atoms with van der Waals surface area (Å²) >= 11 is 0. The first kappa shape index (κ1) is 29.4. The lowest BCUT2D eigenvalue weighted by Crippen LogP contribution is -2.15. The van der Waals surface area contributed by atoms with Crippen LogP contribution >= 0.6 is 0 Å². The molecular formula is C36H62O. The molecule has 212 valence electrons. The van der Waals surface area contributed by atoms with Crippen LogP contribution in [0.5, 0.6) is 0 Å². The summed E-state index contributed by atoms with van der Waals surface area (Å²) in [7, 11) is 0. The Bertz CT molecular complexity index is 615. The molecule has 0 spiro atoms. The molecule has 0 N–H and O–H groups in total. The molecule has 4 rings (SSSR count). The van der Waals surface area contributed by atoms with E-state index in [2.05, 4.69) is 26.0 Å². The first-order chi connectivity index (χ1) is 18.2. The van der Waals surface area contributed by atoms with E-state index in [1.54, 1.807) is 11.1 Å². The van der Waals surface area contributed by atoms with Crippen LogP contribution in [0.4, 0.5) is 0 Å². The topological polar surface area (TPSA) is 9.23 Å². The molecular weight excluding hydrogens is 448 g/mol. The average Bonchev–Trinajstić information content (AvgIpc) is 2.95.